The molecule has 3 heteroatoms. The third-order valence-corrected chi connectivity index (χ3v) is 3.96. The summed E-state index contributed by atoms with van der Waals surface area (Å²) in [7, 11) is 3.97. The van der Waals surface area contributed by atoms with Crippen LogP contribution in [0.15, 0.2) is 24.3 Å². The average molecular weight is 216 g/mol. The van der Waals surface area contributed by atoms with E-state index in [1.54, 1.807) is 0 Å². The summed E-state index contributed by atoms with van der Waals surface area (Å²) in [5, 5.41) is 0. The maximum atomic E-state index is 12.4. The summed E-state index contributed by atoms with van der Waals surface area (Å²) in [4.78, 5) is 16.5. The maximum Gasteiger partial charge on any atom is 0.238 e. The first-order chi connectivity index (χ1) is 7.65. The normalized spacial score (nSPS) is 29.1. The number of likely N-dealkylation sites (tertiary alicyclic amines) is 1. The van der Waals surface area contributed by atoms with Crippen LogP contribution >= 0.6 is 0 Å². The molecule has 1 aromatic rings. The van der Waals surface area contributed by atoms with Gasteiger partial charge in [0.05, 0.1) is 5.41 Å². The molecule has 0 N–H and O–H groups in total. The van der Waals surface area contributed by atoms with E-state index in [1.165, 1.54) is 5.56 Å². The second-order valence-corrected chi connectivity index (χ2v) is 4.95. The Kier molecular flexibility index (Phi) is 1.89. The maximum absolute atomic E-state index is 12.4. The third kappa shape index (κ3) is 1.04. The van der Waals surface area contributed by atoms with E-state index in [9.17, 15) is 4.79 Å². The lowest BCUT2D eigenvalue weighted by Gasteiger charge is -2.22. The van der Waals surface area contributed by atoms with Crippen molar-refractivity contribution in [2.45, 2.75) is 11.8 Å². The predicted octanol–water partition coefficient (Wildman–Crippen LogP) is 1.24. The van der Waals surface area contributed by atoms with Crippen molar-refractivity contribution in [1.29, 1.82) is 0 Å². The number of benzene rings is 1. The van der Waals surface area contributed by atoms with E-state index >= 15 is 0 Å². The minimum atomic E-state index is -0.264. The SMILES string of the molecule is CN1CCC2(C1)C(=O)N(C)c1ccccc12. The van der Waals surface area contributed by atoms with Crippen LogP contribution in [0.25, 0.3) is 0 Å². The number of carbonyl (C=O) groups is 1. The molecule has 1 aromatic carbocycles. The fraction of sp³-hybridized carbons (Fsp3) is 0.462. The first kappa shape index (κ1) is 9.85. The lowest BCUT2D eigenvalue weighted by atomic mass is 9.81. The second kappa shape index (κ2) is 3.08. The zero-order valence-electron chi connectivity index (χ0n) is 9.73. The van der Waals surface area contributed by atoms with Gasteiger partial charge in [-0.25, -0.2) is 0 Å². The number of rotatable bonds is 0. The molecule has 0 radical (unpaired) electrons. The van der Waals surface area contributed by atoms with Gasteiger partial charge in [-0.1, -0.05) is 18.2 Å². The largest absolute Gasteiger partial charge is 0.314 e. The molecule has 2 heterocycles. The van der Waals surface area contributed by atoms with Crippen LogP contribution in [0.1, 0.15) is 12.0 Å². The van der Waals surface area contributed by atoms with Gasteiger partial charge < -0.3 is 9.80 Å². The number of anilines is 1. The molecule has 0 saturated carbocycles. The molecule has 3 nitrogen and oxygen atoms in total. The standard InChI is InChI=1S/C13H16N2O/c1-14-8-7-13(9-14)10-5-3-4-6-11(10)15(2)12(13)16/h3-6H,7-9H2,1-2H3. The molecule has 1 fully saturated rings. The fourth-order valence-corrected chi connectivity index (χ4v) is 3.11. The van der Waals surface area contributed by atoms with Gasteiger partial charge in [-0.3, -0.25) is 4.79 Å². The molecular formula is C13H16N2O. The van der Waals surface area contributed by atoms with Gasteiger partial charge in [0, 0.05) is 19.3 Å². The third-order valence-electron chi connectivity index (χ3n) is 3.96. The highest BCUT2D eigenvalue weighted by atomic mass is 16.2. The Hall–Kier alpha value is -1.35. The number of hydrogen-bond donors (Lipinski definition) is 0. The first-order valence-corrected chi connectivity index (χ1v) is 5.71. The van der Waals surface area contributed by atoms with Gasteiger partial charge in [0.25, 0.3) is 0 Å². The molecule has 1 amide bonds. The van der Waals surface area contributed by atoms with E-state index in [2.05, 4.69) is 18.0 Å². The summed E-state index contributed by atoms with van der Waals surface area (Å²) < 4.78 is 0. The highest BCUT2D eigenvalue weighted by Gasteiger charge is 2.52. The smallest absolute Gasteiger partial charge is 0.238 e. The summed E-state index contributed by atoms with van der Waals surface area (Å²) in [6.45, 7) is 1.86. The Balaban J connectivity index is 2.17. The molecular weight excluding hydrogens is 200 g/mol. The Bertz CT molecular complexity index is 457. The lowest BCUT2D eigenvalue weighted by Crippen LogP contribution is -2.40. The molecule has 3 rings (SSSR count). The zero-order chi connectivity index (χ0) is 11.3. The topological polar surface area (TPSA) is 23.6 Å². The van der Waals surface area contributed by atoms with Crippen LogP contribution in [0.5, 0.6) is 0 Å². The minimum absolute atomic E-state index is 0.262. The predicted molar refractivity (Wildman–Crippen MR) is 63.6 cm³/mol. The molecule has 0 aromatic heterocycles. The number of fused-ring (bicyclic) bond motifs is 2. The Morgan fingerprint density at radius 3 is 2.69 bits per heavy atom. The van der Waals surface area contributed by atoms with E-state index in [0.717, 1.165) is 25.2 Å². The fourth-order valence-electron chi connectivity index (χ4n) is 3.11. The molecule has 0 aliphatic carbocycles. The van der Waals surface area contributed by atoms with Crippen LogP contribution in [-0.2, 0) is 10.2 Å². The highest BCUT2D eigenvalue weighted by molar-refractivity contribution is 6.08. The number of nitrogens with zero attached hydrogens (tertiary/aromatic N) is 2. The Morgan fingerprint density at radius 1 is 1.25 bits per heavy atom. The summed E-state index contributed by atoms with van der Waals surface area (Å²) >= 11 is 0. The van der Waals surface area contributed by atoms with Crippen LogP contribution < -0.4 is 4.90 Å². The van der Waals surface area contributed by atoms with Crippen molar-refractivity contribution in [3.63, 3.8) is 0 Å². The average Bonchev–Trinajstić information content (AvgIpc) is 2.78. The lowest BCUT2D eigenvalue weighted by molar-refractivity contribution is -0.122. The van der Waals surface area contributed by atoms with Crippen LogP contribution in [0.3, 0.4) is 0 Å². The molecule has 1 saturated heterocycles. The minimum Gasteiger partial charge on any atom is -0.314 e. The van der Waals surface area contributed by atoms with Crippen LogP contribution in [0, 0.1) is 0 Å². The quantitative estimate of drug-likeness (QED) is 0.651. The van der Waals surface area contributed by atoms with Crippen molar-refractivity contribution in [1.82, 2.24) is 4.90 Å². The van der Waals surface area contributed by atoms with Gasteiger partial charge in [0.1, 0.15) is 0 Å². The molecule has 0 bridgehead atoms. The number of carbonyl (C=O) groups excluding carboxylic acids is 1. The van der Waals surface area contributed by atoms with Crippen LogP contribution in [0.2, 0.25) is 0 Å². The van der Waals surface area contributed by atoms with Crippen molar-refractivity contribution >= 4 is 11.6 Å². The van der Waals surface area contributed by atoms with Crippen molar-refractivity contribution in [3.05, 3.63) is 29.8 Å². The monoisotopic (exact) mass is 216 g/mol. The zero-order valence-corrected chi connectivity index (χ0v) is 9.73. The van der Waals surface area contributed by atoms with Gasteiger partial charge in [0.15, 0.2) is 0 Å². The van der Waals surface area contributed by atoms with Crippen LogP contribution in [0.4, 0.5) is 5.69 Å². The van der Waals surface area contributed by atoms with E-state index in [1.807, 2.05) is 30.1 Å². The van der Waals surface area contributed by atoms with Crippen molar-refractivity contribution < 1.29 is 4.79 Å². The second-order valence-electron chi connectivity index (χ2n) is 4.95. The van der Waals surface area contributed by atoms with Gasteiger partial charge in [-0.2, -0.15) is 0 Å². The molecule has 1 unspecified atom stereocenters. The van der Waals surface area contributed by atoms with Gasteiger partial charge in [-0.15, -0.1) is 0 Å². The molecule has 1 spiro atoms. The van der Waals surface area contributed by atoms with Crippen molar-refractivity contribution in [2.75, 3.05) is 32.1 Å². The van der Waals surface area contributed by atoms with E-state index in [4.69, 9.17) is 0 Å². The van der Waals surface area contributed by atoms with Crippen LogP contribution in [-0.4, -0.2) is 38.0 Å². The van der Waals surface area contributed by atoms with Crippen molar-refractivity contribution in [3.8, 4) is 0 Å². The van der Waals surface area contributed by atoms with E-state index in [-0.39, 0.29) is 11.3 Å². The summed E-state index contributed by atoms with van der Waals surface area (Å²) in [5.74, 6) is 0.262. The summed E-state index contributed by atoms with van der Waals surface area (Å²) in [6.07, 6.45) is 0.948. The molecule has 1 atom stereocenters. The number of hydrogen-bond acceptors (Lipinski definition) is 2. The molecule has 2 aliphatic heterocycles. The Labute approximate surface area is 95.7 Å². The number of likely N-dealkylation sites (N-methyl/N-ethyl adjacent to an activating group) is 2. The van der Waals surface area contributed by atoms with Gasteiger partial charge in [-0.05, 0) is 31.6 Å². The molecule has 16 heavy (non-hydrogen) atoms. The van der Waals surface area contributed by atoms with E-state index in [0.29, 0.717) is 0 Å². The van der Waals surface area contributed by atoms with E-state index < -0.39 is 0 Å². The van der Waals surface area contributed by atoms with Gasteiger partial charge >= 0.3 is 0 Å². The van der Waals surface area contributed by atoms with Crippen molar-refractivity contribution in [2.24, 2.45) is 0 Å². The molecule has 84 valence electrons. The first-order valence-electron chi connectivity index (χ1n) is 5.71. The highest BCUT2D eigenvalue weighted by Crippen LogP contribution is 2.46. The number of para-hydroxylation sites is 1. The summed E-state index contributed by atoms with van der Waals surface area (Å²) in [5.41, 5.74) is 2.04. The summed E-state index contributed by atoms with van der Waals surface area (Å²) in [6, 6.07) is 8.18. The number of amides is 1. The Morgan fingerprint density at radius 2 is 2.00 bits per heavy atom. The molecule has 2 aliphatic rings. The van der Waals surface area contributed by atoms with Gasteiger partial charge in [0.2, 0.25) is 5.91 Å².